The Balaban J connectivity index is 1.53. The van der Waals surface area contributed by atoms with Gasteiger partial charge in [-0.3, -0.25) is 4.79 Å². The maximum atomic E-state index is 12.4. The van der Waals surface area contributed by atoms with Crippen LogP contribution in [-0.2, 0) is 21.1 Å². The van der Waals surface area contributed by atoms with E-state index in [0.717, 1.165) is 11.8 Å². The number of nitrogens with one attached hydrogen (secondary N) is 1. The molecular weight excluding hydrogens is 422 g/mol. The lowest BCUT2D eigenvalue weighted by molar-refractivity contribution is -0.122. The first-order valence-electron chi connectivity index (χ1n) is 9.88. The number of hydrogen-bond donors (Lipinski definition) is 3. The summed E-state index contributed by atoms with van der Waals surface area (Å²) in [5.74, 6) is 0.470. The van der Waals surface area contributed by atoms with E-state index in [4.69, 9.17) is 9.47 Å². The maximum Gasteiger partial charge on any atom is 0.224 e. The molecule has 1 saturated carbocycles. The number of ether oxygens (including phenoxy) is 2. The van der Waals surface area contributed by atoms with Gasteiger partial charge in [-0.2, -0.15) is 0 Å². The normalized spacial score (nSPS) is 23.4. The van der Waals surface area contributed by atoms with Crippen molar-refractivity contribution >= 4 is 15.7 Å². The highest BCUT2D eigenvalue weighted by Gasteiger charge is 2.42. The number of aliphatic hydroxyl groups excluding tert-OH is 2. The van der Waals surface area contributed by atoms with E-state index >= 15 is 0 Å². The quantitative estimate of drug-likeness (QED) is 0.548. The Morgan fingerprint density at radius 1 is 1.10 bits per heavy atom. The molecular formula is C22H27NO7S. The second kappa shape index (κ2) is 9.67. The summed E-state index contributed by atoms with van der Waals surface area (Å²) in [5, 5.41) is 23.5. The number of aliphatic hydroxyl groups is 2. The monoisotopic (exact) mass is 449 g/mol. The molecule has 9 heteroatoms. The lowest BCUT2D eigenvalue weighted by atomic mass is 10.1. The van der Waals surface area contributed by atoms with Gasteiger partial charge in [0.15, 0.2) is 9.84 Å². The number of sulfone groups is 1. The third-order valence-corrected chi connectivity index (χ3v) is 6.49. The molecule has 2 aromatic carbocycles. The zero-order valence-corrected chi connectivity index (χ0v) is 18.2. The molecule has 1 aliphatic carbocycles. The van der Waals surface area contributed by atoms with Gasteiger partial charge in [0, 0.05) is 12.2 Å². The first-order chi connectivity index (χ1) is 14.7. The molecule has 0 aromatic heterocycles. The van der Waals surface area contributed by atoms with Gasteiger partial charge in [0.05, 0.1) is 37.2 Å². The van der Waals surface area contributed by atoms with Crippen molar-refractivity contribution in [2.75, 3.05) is 20.0 Å². The van der Waals surface area contributed by atoms with Crippen molar-refractivity contribution in [3.8, 4) is 11.5 Å². The van der Waals surface area contributed by atoms with Crippen LogP contribution in [0.4, 0.5) is 0 Å². The molecule has 0 unspecified atom stereocenters. The number of methoxy groups -OCH3 is 1. The second-order valence-electron chi connectivity index (χ2n) is 7.73. The Morgan fingerprint density at radius 2 is 1.81 bits per heavy atom. The van der Waals surface area contributed by atoms with Crippen LogP contribution in [-0.4, -0.2) is 62.8 Å². The highest BCUT2D eigenvalue weighted by molar-refractivity contribution is 7.90. The van der Waals surface area contributed by atoms with Crippen LogP contribution < -0.4 is 14.8 Å². The standard InChI is InChI=1S/C22H27NO7S/c1-29-17-5-3-4-14(10-17)11-20(24)23-19-12-15(21(25)22(19)26)13-30-16-6-8-18(9-7-16)31(2,27)28/h3-10,15,19,21-22,25-26H,11-13H2,1-2H3,(H,23,24)/t15-,19-,21-,22+/m1/s1. The minimum Gasteiger partial charge on any atom is -0.497 e. The van der Waals surface area contributed by atoms with Gasteiger partial charge in [-0.15, -0.1) is 0 Å². The van der Waals surface area contributed by atoms with Crippen LogP contribution in [0, 0.1) is 5.92 Å². The predicted molar refractivity (Wildman–Crippen MR) is 114 cm³/mol. The van der Waals surface area contributed by atoms with Gasteiger partial charge in [-0.25, -0.2) is 8.42 Å². The van der Waals surface area contributed by atoms with Gasteiger partial charge in [0.2, 0.25) is 5.91 Å². The highest BCUT2D eigenvalue weighted by Crippen LogP contribution is 2.28. The Bertz CT molecular complexity index is 1010. The van der Waals surface area contributed by atoms with Gasteiger partial charge in [-0.1, -0.05) is 12.1 Å². The maximum absolute atomic E-state index is 12.4. The largest absolute Gasteiger partial charge is 0.497 e. The number of amides is 1. The summed E-state index contributed by atoms with van der Waals surface area (Å²) >= 11 is 0. The number of benzene rings is 2. The Kier molecular flexibility index (Phi) is 7.19. The van der Waals surface area contributed by atoms with Crippen molar-refractivity contribution in [2.45, 2.75) is 36.0 Å². The van der Waals surface area contributed by atoms with Crippen LogP contribution in [0.25, 0.3) is 0 Å². The summed E-state index contributed by atoms with van der Waals surface area (Å²) in [6.07, 6.45) is -0.535. The molecule has 0 spiro atoms. The summed E-state index contributed by atoms with van der Waals surface area (Å²) in [6.45, 7) is 0.124. The molecule has 0 saturated heterocycles. The first-order valence-corrected chi connectivity index (χ1v) is 11.8. The van der Waals surface area contributed by atoms with Crippen LogP contribution in [0.3, 0.4) is 0 Å². The summed E-state index contributed by atoms with van der Waals surface area (Å²) < 4.78 is 33.9. The van der Waals surface area contributed by atoms with Crippen LogP contribution >= 0.6 is 0 Å². The lowest BCUT2D eigenvalue weighted by Crippen LogP contribution is -2.43. The summed E-state index contributed by atoms with van der Waals surface area (Å²) in [7, 11) is -1.73. The molecule has 0 aliphatic heterocycles. The molecule has 1 fully saturated rings. The molecule has 2 aromatic rings. The number of hydrogen-bond acceptors (Lipinski definition) is 7. The second-order valence-corrected chi connectivity index (χ2v) is 9.75. The summed E-state index contributed by atoms with van der Waals surface area (Å²) in [4.78, 5) is 12.6. The smallest absolute Gasteiger partial charge is 0.224 e. The highest BCUT2D eigenvalue weighted by atomic mass is 32.2. The molecule has 1 amide bonds. The zero-order valence-electron chi connectivity index (χ0n) is 17.4. The van der Waals surface area contributed by atoms with E-state index in [1.165, 1.54) is 12.1 Å². The molecule has 4 atom stereocenters. The van der Waals surface area contributed by atoms with Crippen molar-refractivity contribution in [2.24, 2.45) is 5.92 Å². The Hall–Kier alpha value is -2.62. The van der Waals surface area contributed by atoms with Crippen molar-refractivity contribution in [1.29, 1.82) is 0 Å². The molecule has 168 valence electrons. The van der Waals surface area contributed by atoms with Crippen LogP contribution in [0.2, 0.25) is 0 Å². The SMILES string of the molecule is COc1cccc(CC(=O)N[C@@H]2C[C@H](COc3ccc(S(C)(=O)=O)cc3)[C@@H](O)[C@H]2O)c1. The van der Waals surface area contributed by atoms with Crippen LogP contribution in [0.15, 0.2) is 53.4 Å². The molecule has 3 N–H and O–H groups in total. The molecule has 8 nitrogen and oxygen atoms in total. The fourth-order valence-corrected chi connectivity index (χ4v) is 4.28. The molecule has 31 heavy (non-hydrogen) atoms. The van der Waals surface area contributed by atoms with E-state index in [9.17, 15) is 23.4 Å². The fraction of sp³-hybridized carbons (Fsp3) is 0.409. The van der Waals surface area contributed by atoms with E-state index in [0.29, 0.717) is 17.9 Å². The van der Waals surface area contributed by atoms with Gasteiger partial charge >= 0.3 is 0 Å². The lowest BCUT2D eigenvalue weighted by Gasteiger charge is -2.18. The van der Waals surface area contributed by atoms with Gasteiger partial charge in [-0.05, 0) is 48.4 Å². The third kappa shape index (κ3) is 5.96. The minimum absolute atomic E-state index is 0.124. The summed E-state index contributed by atoms with van der Waals surface area (Å²) in [5.41, 5.74) is 0.780. The molecule has 0 radical (unpaired) electrons. The van der Waals surface area contributed by atoms with Crippen molar-refractivity contribution in [3.05, 3.63) is 54.1 Å². The fourth-order valence-electron chi connectivity index (χ4n) is 3.64. The molecule has 3 rings (SSSR count). The Labute approximate surface area is 181 Å². The van der Waals surface area contributed by atoms with Crippen LogP contribution in [0.1, 0.15) is 12.0 Å². The van der Waals surface area contributed by atoms with Crippen molar-refractivity contribution < 1.29 is 32.9 Å². The Morgan fingerprint density at radius 3 is 2.45 bits per heavy atom. The first kappa shape index (κ1) is 23.1. The molecule has 0 bridgehead atoms. The van der Waals surface area contributed by atoms with Crippen molar-refractivity contribution in [1.82, 2.24) is 5.32 Å². The van der Waals surface area contributed by atoms with E-state index in [-0.39, 0.29) is 29.7 Å². The van der Waals surface area contributed by atoms with Crippen molar-refractivity contribution in [3.63, 3.8) is 0 Å². The average Bonchev–Trinajstić information content (AvgIpc) is 2.99. The number of carbonyl (C=O) groups excluding carboxylic acids is 1. The van der Waals surface area contributed by atoms with E-state index in [1.54, 1.807) is 37.4 Å². The molecule has 1 aliphatic rings. The van der Waals surface area contributed by atoms with Crippen LogP contribution in [0.5, 0.6) is 11.5 Å². The minimum atomic E-state index is -3.29. The van der Waals surface area contributed by atoms with E-state index in [1.807, 2.05) is 6.07 Å². The van der Waals surface area contributed by atoms with Gasteiger partial charge in [0.1, 0.15) is 17.6 Å². The van der Waals surface area contributed by atoms with E-state index in [2.05, 4.69) is 5.32 Å². The average molecular weight is 450 g/mol. The zero-order chi connectivity index (χ0) is 22.6. The predicted octanol–water partition coefficient (Wildman–Crippen LogP) is 0.947. The third-order valence-electron chi connectivity index (χ3n) is 5.36. The molecule has 0 heterocycles. The van der Waals surface area contributed by atoms with Gasteiger partial charge in [0.25, 0.3) is 0 Å². The summed E-state index contributed by atoms with van der Waals surface area (Å²) in [6, 6.07) is 12.6. The van der Waals surface area contributed by atoms with Gasteiger partial charge < -0.3 is 25.0 Å². The number of rotatable bonds is 8. The number of carbonyl (C=O) groups is 1. The van der Waals surface area contributed by atoms with E-state index < -0.39 is 28.1 Å². The topological polar surface area (TPSA) is 122 Å².